The number of hydrogen-bond acceptors (Lipinski definition) is 4. The fraction of sp³-hybridized carbons (Fsp3) is 0.304. The molecule has 1 saturated carbocycles. The van der Waals surface area contributed by atoms with Gasteiger partial charge in [-0.25, -0.2) is 0 Å². The molecule has 8 heteroatoms. The summed E-state index contributed by atoms with van der Waals surface area (Å²) in [5.74, 6) is -0.0574. The number of benzene rings is 2. The van der Waals surface area contributed by atoms with E-state index in [4.69, 9.17) is 11.6 Å². The lowest BCUT2D eigenvalue weighted by atomic mass is 9.91. The second-order valence-electron chi connectivity index (χ2n) is 8.12. The minimum atomic E-state index is -0.412. The Labute approximate surface area is 184 Å². The highest BCUT2D eigenvalue weighted by Crippen LogP contribution is 2.46. The van der Waals surface area contributed by atoms with Crippen LogP contribution in [-0.2, 0) is 0 Å². The van der Waals surface area contributed by atoms with Gasteiger partial charge in [0, 0.05) is 34.3 Å². The van der Waals surface area contributed by atoms with E-state index in [1.807, 2.05) is 17.0 Å². The molecule has 3 aromatic rings. The highest BCUT2D eigenvalue weighted by atomic mass is 35.5. The van der Waals surface area contributed by atoms with Gasteiger partial charge >= 0.3 is 0 Å². The maximum Gasteiger partial charge on any atom is 0.273 e. The van der Waals surface area contributed by atoms with Gasteiger partial charge in [0.05, 0.1) is 16.7 Å². The quantitative estimate of drug-likeness (QED) is 0.430. The van der Waals surface area contributed by atoms with Gasteiger partial charge in [0.1, 0.15) is 5.69 Å². The van der Waals surface area contributed by atoms with Gasteiger partial charge in [-0.3, -0.25) is 20.0 Å². The Morgan fingerprint density at radius 2 is 1.71 bits per heavy atom. The van der Waals surface area contributed by atoms with Crippen LogP contribution in [0, 0.1) is 10.1 Å². The standard InChI is InChI=1S/C23H21ClN4O3/c24-16-10-6-14(7-11-16)20-19-21(26-25-20)23(29)27(17-4-2-1-3-5-17)22(19)15-8-12-18(13-9-15)28(30)31/h6-13,17,22H,1-5H2,(H,25,26). The van der Waals surface area contributed by atoms with E-state index in [0.717, 1.165) is 42.4 Å². The second kappa shape index (κ2) is 7.81. The molecule has 1 amide bonds. The Balaban J connectivity index is 1.64. The van der Waals surface area contributed by atoms with Crippen molar-refractivity contribution < 1.29 is 9.72 Å². The maximum atomic E-state index is 13.5. The smallest absolute Gasteiger partial charge is 0.273 e. The molecule has 0 saturated heterocycles. The van der Waals surface area contributed by atoms with Crippen molar-refractivity contribution in [3.8, 4) is 11.3 Å². The van der Waals surface area contributed by atoms with Crippen LogP contribution in [0.5, 0.6) is 0 Å². The molecule has 0 radical (unpaired) electrons. The van der Waals surface area contributed by atoms with Crippen molar-refractivity contribution in [1.29, 1.82) is 0 Å². The normalized spacial score (nSPS) is 18.9. The first kappa shape index (κ1) is 19.8. The number of carbonyl (C=O) groups is 1. The summed E-state index contributed by atoms with van der Waals surface area (Å²) in [5.41, 5.74) is 3.78. The molecular weight excluding hydrogens is 416 g/mol. The predicted octanol–water partition coefficient (Wildman–Crippen LogP) is 5.52. The number of H-pyrrole nitrogens is 1. The number of halogens is 1. The Morgan fingerprint density at radius 3 is 2.35 bits per heavy atom. The van der Waals surface area contributed by atoms with E-state index in [-0.39, 0.29) is 23.7 Å². The summed E-state index contributed by atoms with van der Waals surface area (Å²) in [7, 11) is 0. The molecule has 0 bridgehead atoms. The zero-order valence-electron chi connectivity index (χ0n) is 16.8. The largest absolute Gasteiger partial charge is 0.323 e. The van der Waals surface area contributed by atoms with Gasteiger partial charge in [-0.15, -0.1) is 0 Å². The average Bonchev–Trinajstić information content (AvgIpc) is 3.34. The summed E-state index contributed by atoms with van der Waals surface area (Å²) in [5, 5.41) is 19.2. The predicted molar refractivity (Wildman–Crippen MR) is 117 cm³/mol. The lowest BCUT2D eigenvalue weighted by molar-refractivity contribution is -0.384. The molecule has 1 atom stereocenters. The number of fused-ring (bicyclic) bond motifs is 1. The van der Waals surface area contributed by atoms with Gasteiger partial charge in [-0.2, -0.15) is 5.10 Å². The number of non-ortho nitro benzene ring substituents is 1. The molecule has 158 valence electrons. The molecule has 1 aromatic heterocycles. The van der Waals surface area contributed by atoms with Crippen LogP contribution in [0.2, 0.25) is 5.02 Å². The molecule has 2 aromatic carbocycles. The molecule has 1 N–H and O–H groups in total. The number of rotatable bonds is 4. The minimum Gasteiger partial charge on any atom is -0.323 e. The third-order valence-corrected chi connectivity index (χ3v) is 6.56. The summed E-state index contributed by atoms with van der Waals surface area (Å²) < 4.78 is 0. The Kier molecular flexibility index (Phi) is 4.98. The molecule has 0 spiro atoms. The lowest BCUT2D eigenvalue weighted by Gasteiger charge is -2.36. The molecule has 31 heavy (non-hydrogen) atoms. The van der Waals surface area contributed by atoms with E-state index in [0.29, 0.717) is 16.4 Å². The van der Waals surface area contributed by atoms with Gasteiger partial charge in [-0.1, -0.05) is 43.0 Å². The number of nitro groups is 1. The fourth-order valence-corrected chi connectivity index (χ4v) is 4.96. The maximum absolute atomic E-state index is 13.5. The zero-order chi connectivity index (χ0) is 21.5. The van der Waals surface area contributed by atoms with Gasteiger partial charge < -0.3 is 4.90 Å². The molecule has 1 fully saturated rings. The first-order valence-electron chi connectivity index (χ1n) is 10.5. The van der Waals surface area contributed by atoms with Crippen molar-refractivity contribution in [3.05, 3.63) is 80.5 Å². The first-order valence-corrected chi connectivity index (χ1v) is 10.8. The van der Waals surface area contributed by atoms with Crippen molar-refractivity contribution in [2.24, 2.45) is 0 Å². The summed E-state index contributed by atoms with van der Waals surface area (Å²) >= 11 is 6.06. The van der Waals surface area contributed by atoms with E-state index in [1.165, 1.54) is 18.6 Å². The molecule has 2 heterocycles. The van der Waals surface area contributed by atoms with E-state index in [9.17, 15) is 14.9 Å². The monoisotopic (exact) mass is 436 g/mol. The number of nitro benzene ring substituents is 1. The highest BCUT2D eigenvalue weighted by molar-refractivity contribution is 6.30. The van der Waals surface area contributed by atoms with Crippen LogP contribution < -0.4 is 0 Å². The molecule has 1 aliphatic heterocycles. The number of hydrogen-bond donors (Lipinski definition) is 1. The van der Waals surface area contributed by atoms with Crippen LogP contribution in [0.15, 0.2) is 48.5 Å². The number of amides is 1. The zero-order valence-corrected chi connectivity index (χ0v) is 17.5. The van der Waals surface area contributed by atoms with Crippen LogP contribution in [-0.4, -0.2) is 32.0 Å². The van der Waals surface area contributed by atoms with Crippen LogP contribution in [0.1, 0.15) is 59.8 Å². The topological polar surface area (TPSA) is 92.1 Å². The summed E-state index contributed by atoms with van der Waals surface area (Å²) in [6.07, 6.45) is 5.30. The number of nitrogens with one attached hydrogen (secondary N) is 1. The molecule has 1 aliphatic carbocycles. The molecule has 2 aliphatic rings. The van der Waals surface area contributed by atoms with Gasteiger partial charge in [0.25, 0.3) is 11.6 Å². The summed E-state index contributed by atoms with van der Waals surface area (Å²) in [6.45, 7) is 0. The van der Waals surface area contributed by atoms with Crippen molar-refractivity contribution in [2.75, 3.05) is 0 Å². The second-order valence-corrected chi connectivity index (χ2v) is 8.56. The highest BCUT2D eigenvalue weighted by Gasteiger charge is 2.45. The van der Waals surface area contributed by atoms with Gasteiger partial charge in [-0.05, 0) is 42.7 Å². The number of carbonyl (C=O) groups excluding carboxylic acids is 1. The van der Waals surface area contributed by atoms with Crippen LogP contribution >= 0.6 is 11.6 Å². The van der Waals surface area contributed by atoms with Crippen molar-refractivity contribution in [1.82, 2.24) is 15.1 Å². The average molecular weight is 437 g/mol. The first-order chi connectivity index (χ1) is 15.0. The molecule has 5 rings (SSSR count). The van der Waals surface area contributed by atoms with E-state index in [1.54, 1.807) is 24.3 Å². The van der Waals surface area contributed by atoms with E-state index < -0.39 is 4.92 Å². The third-order valence-electron chi connectivity index (χ3n) is 6.31. The number of aromatic amines is 1. The molecular formula is C23H21ClN4O3. The van der Waals surface area contributed by atoms with Crippen molar-refractivity contribution in [2.45, 2.75) is 44.2 Å². The number of nitrogens with zero attached hydrogens (tertiary/aromatic N) is 3. The Bertz CT molecular complexity index is 1130. The van der Waals surface area contributed by atoms with Crippen molar-refractivity contribution >= 4 is 23.2 Å². The van der Waals surface area contributed by atoms with Gasteiger partial charge in [0.2, 0.25) is 0 Å². The minimum absolute atomic E-state index is 0.0302. The fourth-order valence-electron chi connectivity index (χ4n) is 4.83. The number of aromatic nitrogens is 2. The van der Waals surface area contributed by atoms with E-state index in [2.05, 4.69) is 10.2 Å². The molecule has 1 unspecified atom stereocenters. The van der Waals surface area contributed by atoms with Crippen molar-refractivity contribution in [3.63, 3.8) is 0 Å². The third kappa shape index (κ3) is 3.39. The summed E-state index contributed by atoms with van der Waals surface area (Å²) in [6, 6.07) is 13.7. The Hall–Kier alpha value is -3.19. The van der Waals surface area contributed by atoms with Crippen LogP contribution in [0.4, 0.5) is 5.69 Å². The van der Waals surface area contributed by atoms with Crippen LogP contribution in [0.25, 0.3) is 11.3 Å². The van der Waals surface area contributed by atoms with Crippen LogP contribution in [0.3, 0.4) is 0 Å². The Morgan fingerprint density at radius 1 is 1.03 bits per heavy atom. The molecule has 7 nitrogen and oxygen atoms in total. The SMILES string of the molecule is O=C1c2[nH]nc(-c3ccc(Cl)cc3)c2C(c2ccc([N+](=O)[O-])cc2)N1C1CCCCC1. The van der Waals surface area contributed by atoms with Gasteiger partial charge in [0.15, 0.2) is 0 Å². The summed E-state index contributed by atoms with van der Waals surface area (Å²) in [4.78, 5) is 26.2. The lowest BCUT2D eigenvalue weighted by Crippen LogP contribution is -2.40. The van der Waals surface area contributed by atoms with E-state index >= 15 is 0 Å².